The van der Waals surface area contributed by atoms with Gasteiger partial charge in [-0.3, -0.25) is 0 Å². The lowest BCUT2D eigenvalue weighted by molar-refractivity contribution is 0.414. The minimum absolute atomic E-state index is 0. The maximum absolute atomic E-state index is 9.63. The molecule has 2 aromatic carbocycles. The second kappa shape index (κ2) is 7.08. The number of hydrogen-bond donors (Lipinski definition) is 2. The van der Waals surface area contributed by atoms with Gasteiger partial charge in [0.05, 0.1) is 12.8 Å². The Hall–Kier alpha value is -2.79. The largest absolute Gasteiger partial charge is 0.508 e. The lowest BCUT2D eigenvalue weighted by Gasteiger charge is -2.33. The van der Waals surface area contributed by atoms with Crippen LogP contribution >= 0.6 is 12.4 Å². The molecule has 0 saturated heterocycles. The molecule has 1 aromatic heterocycles. The molecule has 4 rings (SSSR count). The number of nitrogens with one attached hydrogen (secondary N) is 1. The normalized spacial score (nSPS) is 13.7. The molecular weight excluding hydrogens is 362 g/mol. The van der Waals surface area contributed by atoms with Crippen molar-refractivity contribution in [2.75, 3.05) is 12.4 Å². The predicted molar refractivity (Wildman–Crippen MR) is 109 cm³/mol. The van der Waals surface area contributed by atoms with E-state index in [1.807, 2.05) is 24.4 Å². The van der Waals surface area contributed by atoms with Gasteiger partial charge in [-0.05, 0) is 47.2 Å². The third-order valence-corrected chi connectivity index (χ3v) is 4.81. The van der Waals surface area contributed by atoms with E-state index in [-0.39, 0.29) is 23.6 Å². The van der Waals surface area contributed by atoms with E-state index in [0.29, 0.717) is 5.95 Å². The van der Waals surface area contributed by atoms with Gasteiger partial charge < -0.3 is 15.2 Å². The zero-order valence-electron chi connectivity index (χ0n) is 15.5. The highest BCUT2D eigenvalue weighted by Crippen LogP contribution is 2.43. The summed E-state index contributed by atoms with van der Waals surface area (Å²) in [6.45, 7) is 4.47. The van der Waals surface area contributed by atoms with E-state index in [4.69, 9.17) is 9.72 Å². The molecule has 1 aliphatic carbocycles. The van der Waals surface area contributed by atoms with Crippen molar-refractivity contribution in [2.45, 2.75) is 25.7 Å². The molecule has 1 aliphatic rings. The number of aromatic nitrogens is 2. The molecule has 27 heavy (non-hydrogen) atoms. The minimum atomic E-state index is 0. The third kappa shape index (κ3) is 3.55. The number of hydrogen-bond acceptors (Lipinski definition) is 5. The topological polar surface area (TPSA) is 67.3 Å². The van der Waals surface area contributed by atoms with Crippen molar-refractivity contribution in [2.24, 2.45) is 0 Å². The molecule has 0 unspecified atom stereocenters. The summed E-state index contributed by atoms with van der Waals surface area (Å²) in [5, 5.41) is 12.8. The Morgan fingerprint density at radius 1 is 1.15 bits per heavy atom. The van der Waals surface area contributed by atoms with Crippen LogP contribution in [0.2, 0.25) is 0 Å². The minimum Gasteiger partial charge on any atom is -0.508 e. The van der Waals surface area contributed by atoms with Gasteiger partial charge in [-0.25, -0.2) is 9.97 Å². The monoisotopic (exact) mass is 383 g/mol. The SMILES string of the molecule is COc1ccc2c(c1)-c1nc(Nc3cccc(O)c3)ncc1CC2(C)C.Cl. The first-order valence-electron chi connectivity index (χ1n) is 8.57. The summed E-state index contributed by atoms with van der Waals surface area (Å²) in [7, 11) is 1.67. The van der Waals surface area contributed by atoms with Gasteiger partial charge in [0.1, 0.15) is 11.5 Å². The summed E-state index contributed by atoms with van der Waals surface area (Å²) in [6.07, 6.45) is 2.77. The molecule has 0 atom stereocenters. The number of benzene rings is 2. The first kappa shape index (κ1) is 19.0. The summed E-state index contributed by atoms with van der Waals surface area (Å²) in [5.74, 6) is 1.51. The highest BCUT2D eigenvalue weighted by molar-refractivity contribution is 5.85. The van der Waals surface area contributed by atoms with Crippen LogP contribution in [0.15, 0.2) is 48.7 Å². The number of nitrogens with zero attached hydrogens (tertiary/aromatic N) is 2. The Kier molecular flexibility index (Phi) is 4.98. The lowest BCUT2D eigenvalue weighted by atomic mass is 9.72. The first-order valence-corrected chi connectivity index (χ1v) is 8.57. The van der Waals surface area contributed by atoms with Crippen LogP contribution < -0.4 is 10.1 Å². The zero-order valence-corrected chi connectivity index (χ0v) is 16.3. The van der Waals surface area contributed by atoms with Crippen LogP contribution in [0.25, 0.3) is 11.3 Å². The Morgan fingerprint density at radius 3 is 2.70 bits per heavy atom. The molecule has 0 aliphatic heterocycles. The number of phenolic OH excluding ortho intramolecular Hbond substituents is 1. The Labute approximate surface area is 164 Å². The van der Waals surface area contributed by atoms with Crippen molar-refractivity contribution in [1.29, 1.82) is 0 Å². The molecule has 0 radical (unpaired) electrons. The Morgan fingerprint density at radius 2 is 1.96 bits per heavy atom. The summed E-state index contributed by atoms with van der Waals surface area (Å²) in [5.41, 5.74) is 5.14. The van der Waals surface area contributed by atoms with Crippen molar-refractivity contribution >= 4 is 24.0 Å². The summed E-state index contributed by atoms with van der Waals surface area (Å²) >= 11 is 0. The Balaban J connectivity index is 0.00000210. The molecule has 0 spiro atoms. The molecule has 5 nitrogen and oxygen atoms in total. The van der Waals surface area contributed by atoms with Gasteiger partial charge >= 0.3 is 0 Å². The fourth-order valence-corrected chi connectivity index (χ4v) is 3.55. The van der Waals surface area contributed by atoms with Crippen molar-refractivity contribution in [3.8, 4) is 22.8 Å². The number of anilines is 2. The number of halogens is 1. The first-order chi connectivity index (χ1) is 12.5. The molecule has 0 saturated carbocycles. The average molecular weight is 384 g/mol. The average Bonchev–Trinajstić information content (AvgIpc) is 2.62. The molecule has 0 fully saturated rings. The van der Waals surface area contributed by atoms with E-state index in [2.05, 4.69) is 30.2 Å². The van der Waals surface area contributed by atoms with E-state index < -0.39 is 0 Å². The molecular formula is C21H22ClN3O2. The van der Waals surface area contributed by atoms with E-state index in [1.165, 1.54) is 5.56 Å². The van der Waals surface area contributed by atoms with Gasteiger partial charge in [0, 0.05) is 23.5 Å². The highest BCUT2D eigenvalue weighted by atomic mass is 35.5. The summed E-state index contributed by atoms with van der Waals surface area (Å²) < 4.78 is 5.42. The number of aromatic hydroxyl groups is 1. The second-order valence-corrected chi connectivity index (χ2v) is 7.21. The number of methoxy groups -OCH3 is 1. The van der Waals surface area contributed by atoms with Crippen molar-refractivity contribution in [1.82, 2.24) is 9.97 Å². The van der Waals surface area contributed by atoms with Crippen LogP contribution in [0.1, 0.15) is 25.0 Å². The van der Waals surface area contributed by atoms with Gasteiger partial charge in [-0.1, -0.05) is 26.0 Å². The molecule has 3 aromatic rings. The van der Waals surface area contributed by atoms with Crippen molar-refractivity contribution in [3.05, 3.63) is 59.8 Å². The van der Waals surface area contributed by atoms with Gasteiger partial charge in [-0.15, -0.1) is 12.4 Å². The van der Waals surface area contributed by atoms with Crippen LogP contribution in [0.3, 0.4) is 0 Å². The van der Waals surface area contributed by atoms with E-state index in [1.54, 1.807) is 25.3 Å². The fraction of sp³-hybridized carbons (Fsp3) is 0.238. The smallest absolute Gasteiger partial charge is 0.227 e. The standard InChI is InChI=1S/C21H21N3O2.ClH/c1-21(2)11-13-12-22-20(23-14-5-4-6-15(25)9-14)24-19(13)17-10-16(26-3)7-8-18(17)21;/h4-10,12,25H,11H2,1-3H3,(H,22,23,24);1H. The fourth-order valence-electron chi connectivity index (χ4n) is 3.55. The van der Waals surface area contributed by atoms with Crippen LogP contribution in [-0.2, 0) is 11.8 Å². The highest BCUT2D eigenvalue weighted by Gasteiger charge is 2.32. The second-order valence-electron chi connectivity index (χ2n) is 7.21. The molecule has 2 N–H and O–H groups in total. The molecule has 0 amide bonds. The van der Waals surface area contributed by atoms with E-state index in [9.17, 15) is 5.11 Å². The van der Waals surface area contributed by atoms with E-state index in [0.717, 1.165) is 34.7 Å². The number of rotatable bonds is 3. The maximum Gasteiger partial charge on any atom is 0.227 e. The number of phenols is 1. The molecule has 1 heterocycles. The van der Waals surface area contributed by atoms with Crippen molar-refractivity contribution in [3.63, 3.8) is 0 Å². The van der Waals surface area contributed by atoms with Crippen LogP contribution in [0, 0.1) is 0 Å². The van der Waals surface area contributed by atoms with Crippen molar-refractivity contribution < 1.29 is 9.84 Å². The molecule has 140 valence electrons. The van der Waals surface area contributed by atoms with Crippen LogP contribution in [-0.4, -0.2) is 22.2 Å². The van der Waals surface area contributed by atoms with Gasteiger partial charge in [-0.2, -0.15) is 0 Å². The Bertz CT molecular complexity index is 989. The maximum atomic E-state index is 9.63. The van der Waals surface area contributed by atoms with E-state index >= 15 is 0 Å². The predicted octanol–water partition coefficient (Wildman–Crippen LogP) is 4.86. The van der Waals surface area contributed by atoms with Crippen LogP contribution in [0.5, 0.6) is 11.5 Å². The molecule has 0 bridgehead atoms. The quantitative estimate of drug-likeness (QED) is 0.676. The third-order valence-electron chi connectivity index (χ3n) is 4.81. The van der Waals surface area contributed by atoms with Gasteiger partial charge in [0.15, 0.2) is 0 Å². The lowest BCUT2D eigenvalue weighted by Crippen LogP contribution is -2.26. The summed E-state index contributed by atoms with van der Waals surface area (Å²) in [4.78, 5) is 9.22. The van der Waals surface area contributed by atoms with Crippen LogP contribution in [0.4, 0.5) is 11.6 Å². The molecule has 6 heteroatoms. The van der Waals surface area contributed by atoms with Gasteiger partial charge in [0.2, 0.25) is 5.95 Å². The number of fused-ring (bicyclic) bond motifs is 3. The van der Waals surface area contributed by atoms with Gasteiger partial charge in [0.25, 0.3) is 0 Å². The number of ether oxygens (including phenoxy) is 1. The zero-order chi connectivity index (χ0) is 18.3. The summed E-state index contributed by atoms with van der Waals surface area (Å²) in [6, 6.07) is 13.1.